The number of Topliss-reactive ketones (excluding diaryl/α,β-unsaturated/α-hetero) is 1. The minimum Gasteiger partial charge on any atom is -0.300 e. The van der Waals surface area contributed by atoms with Gasteiger partial charge in [-0.1, -0.05) is 6.07 Å². The number of carbonyl (C=O) groups excluding carboxylic acids is 1. The van der Waals surface area contributed by atoms with Crippen LogP contribution < -0.4 is 0 Å². The number of carbonyl (C=O) groups is 1. The van der Waals surface area contributed by atoms with E-state index in [0.717, 1.165) is 25.1 Å². The number of pyridine rings is 1. The highest BCUT2D eigenvalue weighted by atomic mass is 16.1. The van der Waals surface area contributed by atoms with E-state index in [0.29, 0.717) is 17.9 Å². The Morgan fingerprint density at radius 2 is 2.00 bits per heavy atom. The number of hydrogen-bond donors (Lipinski definition) is 0. The number of fused-ring (bicyclic) bond motifs is 2. The maximum absolute atomic E-state index is 11.5. The summed E-state index contributed by atoms with van der Waals surface area (Å²) in [6.45, 7) is 0.906. The van der Waals surface area contributed by atoms with E-state index in [-0.39, 0.29) is 0 Å². The van der Waals surface area contributed by atoms with Gasteiger partial charge in [0.1, 0.15) is 5.78 Å². The Labute approximate surface area is 95.5 Å². The smallest absolute Gasteiger partial charge is 0.136 e. The lowest BCUT2D eigenvalue weighted by Crippen LogP contribution is -2.42. The molecule has 0 amide bonds. The maximum Gasteiger partial charge on any atom is 0.136 e. The van der Waals surface area contributed by atoms with E-state index in [2.05, 4.69) is 16.0 Å². The van der Waals surface area contributed by atoms with Gasteiger partial charge in [0.25, 0.3) is 0 Å². The molecule has 3 heterocycles. The van der Waals surface area contributed by atoms with Gasteiger partial charge in [0.15, 0.2) is 0 Å². The van der Waals surface area contributed by atoms with Crippen LogP contribution in [-0.2, 0) is 11.3 Å². The summed E-state index contributed by atoms with van der Waals surface area (Å²) in [4.78, 5) is 18.3. The number of nitrogens with zero attached hydrogens (tertiary/aromatic N) is 2. The van der Waals surface area contributed by atoms with Gasteiger partial charge in [-0.15, -0.1) is 0 Å². The van der Waals surface area contributed by atoms with Crippen LogP contribution in [0, 0.1) is 0 Å². The predicted octanol–water partition coefficient (Wildman–Crippen LogP) is 1.78. The highest BCUT2D eigenvalue weighted by Crippen LogP contribution is 2.34. The summed E-state index contributed by atoms with van der Waals surface area (Å²) in [5.41, 5.74) is 1.12. The number of rotatable bonds is 2. The highest BCUT2D eigenvalue weighted by Gasteiger charge is 2.39. The fourth-order valence-electron chi connectivity index (χ4n) is 3.00. The molecule has 0 spiro atoms. The molecule has 3 nitrogen and oxygen atoms in total. The quantitative estimate of drug-likeness (QED) is 0.755. The molecule has 2 fully saturated rings. The fourth-order valence-corrected chi connectivity index (χ4v) is 3.00. The van der Waals surface area contributed by atoms with E-state index in [4.69, 9.17) is 0 Å². The van der Waals surface area contributed by atoms with Crippen LogP contribution in [0.5, 0.6) is 0 Å². The minimum atomic E-state index is 0.449. The van der Waals surface area contributed by atoms with Crippen molar-refractivity contribution >= 4 is 5.78 Å². The molecule has 0 radical (unpaired) electrons. The molecule has 2 bridgehead atoms. The summed E-state index contributed by atoms with van der Waals surface area (Å²) in [5.74, 6) is 0.449. The molecule has 2 aliphatic heterocycles. The Morgan fingerprint density at radius 3 is 2.62 bits per heavy atom. The second-order valence-electron chi connectivity index (χ2n) is 4.83. The van der Waals surface area contributed by atoms with Crippen LogP contribution in [0.1, 0.15) is 31.4 Å². The van der Waals surface area contributed by atoms with Gasteiger partial charge in [-0.3, -0.25) is 14.7 Å². The van der Waals surface area contributed by atoms with Crippen molar-refractivity contribution in [1.82, 2.24) is 9.88 Å². The molecule has 3 rings (SSSR count). The van der Waals surface area contributed by atoms with E-state index in [1.54, 1.807) is 0 Å². The van der Waals surface area contributed by atoms with Crippen LogP contribution in [0.4, 0.5) is 0 Å². The molecule has 16 heavy (non-hydrogen) atoms. The first-order valence-corrected chi connectivity index (χ1v) is 6.00. The predicted molar refractivity (Wildman–Crippen MR) is 60.8 cm³/mol. The van der Waals surface area contributed by atoms with E-state index >= 15 is 0 Å². The van der Waals surface area contributed by atoms with E-state index in [9.17, 15) is 4.79 Å². The molecule has 2 atom stereocenters. The SMILES string of the molecule is O=C1CC2CCC(C1)N2Cc1ccccn1. The van der Waals surface area contributed by atoms with Crippen molar-refractivity contribution in [2.24, 2.45) is 0 Å². The molecule has 84 valence electrons. The Kier molecular flexibility index (Phi) is 2.48. The Balaban J connectivity index is 1.75. The van der Waals surface area contributed by atoms with Gasteiger partial charge in [0, 0.05) is 37.7 Å². The summed E-state index contributed by atoms with van der Waals surface area (Å²) in [7, 11) is 0. The Morgan fingerprint density at radius 1 is 1.25 bits per heavy atom. The fraction of sp³-hybridized carbons (Fsp3) is 0.538. The first-order valence-electron chi connectivity index (χ1n) is 6.00. The average Bonchev–Trinajstić information content (AvgIpc) is 2.54. The average molecular weight is 216 g/mol. The van der Waals surface area contributed by atoms with Gasteiger partial charge in [-0.05, 0) is 25.0 Å². The second-order valence-corrected chi connectivity index (χ2v) is 4.83. The van der Waals surface area contributed by atoms with Crippen LogP contribution in [0.15, 0.2) is 24.4 Å². The Hall–Kier alpha value is -1.22. The van der Waals surface area contributed by atoms with Gasteiger partial charge in [0.05, 0.1) is 5.69 Å². The number of aromatic nitrogens is 1. The van der Waals surface area contributed by atoms with Gasteiger partial charge in [0.2, 0.25) is 0 Å². The molecule has 2 unspecified atom stereocenters. The topological polar surface area (TPSA) is 33.2 Å². The van der Waals surface area contributed by atoms with Crippen molar-refractivity contribution in [3.63, 3.8) is 0 Å². The maximum atomic E-state index is 11.5. The third-order valence-electron chi connectivity index (χ3n) is 3.77. The van der Waals surface area contributed by atoms with Gasteiger partial charge >= 0.3 is 0 Å². The molecule has 2 saturated heterocycles. The number of piperidine rings is 1. The van der Waals surface area contributed by atoms with Crippen molar-refractivity contribution in [1.29, 1.82) is 0 Å². The van der Waals surface area contributed by atoms with Crippen LogP contribution in [0.3, 0.4) is 0 Å². The van der Waals surface area contributed by atoms with Crippen molar-refractivity contribution < 1.29 is 4.79 Å². The zero-order valence-electron chi connectivity index (χ0n) is 9.30. The van der Waals surface area contributed by atoms with Gasteiger partial charge in [-0.2, -0.15) is 0 Å². The lowest BCUT2D eigenvalue weighted by atomic mass is 10.0. The van der Waals surface area contributed by atoms with Crippen LogP contribution in [-0.4, -0.2) is 27.8 Å². The van der Waals surface area contributed by atoms with E-state index in [1.807, 2.05) is 18.3 Å². The third kappa shape index (κ3) is 1.76. The molecule has 3 heteroatoms. The Bertz CT molecular complexity index is 374. The normalized spacial score (nSPS) is 29.6. The summed E-state index contributed by atoms with van der Waals surface area (Å²) in [5, 5.41) is 0. The van der Waals surface area contributed by atoms with E-state index in [1.165, 1.54) is 12.8 Å². The van der Waals surface area contributed by atoms with Crippen molar-refractivity contribution in [2.45, 2.75) is 44.3 Å². The largest absolute Gasteiger partial charge is 0.300 e. The van der Waals surface area contributed by atoms with Crippen LogP contribution in [0.2, 0.25) is 0 Å². The molecule has 0 N–H and O–H groups in total. The number of ketones is 1. The summed E-state index contributed by atoms with van der Waals surface area (Å²) in [6, 6.07) is 6.99. The first-order chi connectivity index (χ1) is 7.83. The highest BCUT2D eigenvalue weighted by molar-refractivity contribution is 5.80. The molecule has 1 aromatic heterocycles. The third-order valence-corrected chi connectivity index (χ3v) is 3.77. The summed E-state index contributed by atoms with van der Waals surface area (Å²) >= 11 is 0. The molecule has 0 saturated carbocycles. The summed E-state index contributed by atoms with van der Waals surface area (Å²) < 4.78 is 0. The lowest BCUT2D eigenvalue weighted by molar-refractivity contribution is -0.123. The standard InChI is InChI=1S/C13H16N2O/c16-13-7-11-4-5-12(8-13)15(11)9-10-3-1-2-6-14-10/h1-3,6,11-12H,4-5,7-9H2. The molecule has 1 aromatic rings. The second kappa shape index (κ2) is 3.98. The van der Waals surface area contributed by atoms with Crippen molar-refractivity contribution in [2.75, 3.05) is 0 Å². The first kappa shape index (κ1) is 9.97. The van der Waals surface area contributed by atoms with Crippen molar-refractivity contribution in [3.05, 3.63) is 30.1 Å². The van der Waals surface area contributed by atoms with Crippen LogP contribution in [0.25, 0.3) is 0 Å². The zero-order chi connectivity index (χ0) is 11.0. The zero-order valence-corrected chi connectivity index (χ0v) is 9.30. The minimum absolute atomic E-state index is 0.449. The van der Waals surface area contributed by atoms with E-state index < -0.39 is 0 Å². The summed E-state index contributed by atoms with van der Waals surface area (Å²) in [6.07, 6.45) is 5.71. The van der Waals surface area contributed by atoms with Crippen molar-refractivity contribution in [3.8, 4) is 0 Å². The van der Waals surface area contributed by atoms with Gasteiger partial charge in [-0.25, -0.2) is 0 Å². The molecule has 2 aliphatic rings. The molecule has 0 aliphatic carbocycles. The number of hydrogen-bond acceptors (Lipinski definition) is 3. The molecular formula is C13H16N2O. The van der Waals surface area contributed by atoms with Gasteiger partial charge < -0.3 is 0 Å². The monoisotopic (exact) mass is 216 g/mol. The van der Waals surface area contributed by atoms with Crippen LogP contribution >= 0.6 is 0 Å². The lowest BCUT2D eigenvalue weighted by Gasteiger charge is -2.33. The molecule has 0 aromatic carbocycles. The molecular weight excluding hydrogens is 200 g/mol.